The molecule has 0 heterocycles. The molecule has 12 heavy (non-hydrogen) atoms. The lowest BCUT2D eigenvalue weighted by Crippen LogP contribution is -2.38. The highest BCUT2D eigenvalue weighted by Crippen LogP contribution is 2.29. The standard InChI is InChI=1S/C10H22N2/c1-2-3-9-5-4-8(7-11)6-10(9)12/h8-10H,2-7,11-12H2,1H3. The summed E-state index contributed by atoms with van der Waals surface area (Å²) in [5.41, 5.74) is 11.7. The molecule has 0 bridgehead atoms. The summed E-state index contributed by atoms with van der Waals surface area (Å²) in [6.45, 7) is 3.06. The van der Waals surface area contributed by atoms with Crippen LogP contribution in [0.15, 0.2) is 0 Å². The molecule has 0 spiro atoms. The first kappa shape index (κ1) is 10.0. The van der Waals surface area contributed by atoms with E-state index < -0.39 is 0 Å². The van der Waals surface area contributed by atoms with Gasteiger partial charge in [-0.3, -0.25) is 0 Å². The van der Waals surface area contributed by atoms with Gasteiger partial charge in [0, 0.05) is 6.04 Å². The van der Waals surface area contributed by atoms with Crippen molar-refractivity contribution in [2.45, 2.75) is 45.1 Å². The van der Waals surface area contributed by atoms with Crippen LogP contribution in [0.5, 0.6) is 0 Å². The van der Waals surface area contributed by atoms with Gasteiger partial charge in [-0.05, 0) is 44.1 Å². The second-order valence-corrected chi connectivity index (χ2v) is 4.13. The quantitative estimate of drug-likeness (QED) is 0.674. The molecule has 1 fully saturated rings. The monoisotopic (exact) mass is 170 g/mol. The van der Waals surface area contributed by atoms with Crippen LogP contribution in [0.2, 0.25) is 0 Å². The van der Waals surface area contributed by atoms with E-state index in [-0.39, 0.29) is 0 Å². The Kier molecular flexibility index (Phi) is 4.02. The molecule has 2 heteroatoms. The molecule has 2 nitrogen and oxygen atoms in total. The van der Waals surface area contributed by atoms with Gasteiger partial charge in [0.15, 0.2) is 0 Å². The van der Waals surface area contributed by atoms with Gasteiger partial charge in [0.2, 0.25) is 0 Å². The lowest BCUT2D eigenvalue weighted by atomic mass is 9.77. The Morgan fingerprint density at radius 1 is 1.33 bits per heavy atom. The zero-order chi connectivity index (χ0) is 8.97. The lowest BCUT2D eigenvalue weighted by molar-refractivity contribution is 0.230. The molecule has 1 saturated carbocycles. The molecule has 72 valence electrons. The third-order valence-corrected chi connectivity index (χ3v) is 3.15. The predicted octanol–water partition coefficient (Wildman–Crippen LogP) is 1.49. The van der Waals surface area contributed by atoms with Gasteiger partial charge < -0.3 is 11.5 Å². The van der Waals surface area contributed by atoms with Crippen molar-refractivity contribution in [3.05, 3.63) is 0 Å². The Balaban J connectivity index is 2.31. The first-order chi connectivity index (χ1) is 5.77. The number of hydrogen-bond donors (Lipinski definition) is 2. The van der Waals surface area contributed by atoms with Gasteiger partial charge >= 0.3 is 0 Å². The Morgan fingerprint density at radius 2 is 2.08 bits per heavy atom. The highest BCUT2D eigenvalue weighted by Gasteiger charge is 2.26. The van der Waals surface area contributed by atoms with Crippen molar-refractivity contribution >= 4 is 0 Å². The first-order valence-electron chi connectivity index (χ1n) is 5.23. The summed E-state index contributed by atoms with van der Waals surface area (Å²) in [6.07, 6.45) is 6.33. The van der Waals surface area contributed by atoms with E-state index in [9.17, 15) is 0 Å². The van der Waals surface area contributed by atoms with Crippen molar-refractivity contribution in [1.29, 1.82) is 0 Å². The Morgan fingerprint density at radius 3 is 2.58 bits per heavy atom. The van der Waals surface area contributed by atoms with Crippen molar-refractivity contribution in [1.82, 2.24) is 0 Å². The van der Waals surface area contributed by atoms with E-state index in [1.54, 1.807) is 0 Å². The summed E-state index contributed by atoms with van der Waals surface area (Å²) in [6, 6.07) is 0.423. The van der Waals surface area contributed by atoms with E-state index >= 15 is 0 Å². The zero-order valence-electron chi connectivity index (χ0n) is 8.13. The average Bonchev–Trinajstić information content (AvgIpc) is 2.09. The maximum Gasteiger partial charge on any atom is 0.00702 e. The van der Waals surface area contributed by atoms with E-state index in [4.69, 9.17) is 11.5 Å². The Labute approximate surface area is 75.7 Å². The molecule has 0 saturated heterocycles. The smallest absolute Gasteiger partial charge is 0.00702 e. The molecule has 3 unspecified atom stereocenters. The Hall–Kier alpha value is -0.0800. The molecule has 0 amide bonds. The zero-order valence-corrected chi connectivity index (χ0v) is 8.13. The Bertz CT molecular complexity index is 125. The molecule has 4 N–H and O–H groups in total. The third-order valence-electron chi connectivity index (χ3n) is 3.15. The summed E-state index contributed by atoms with van der Waals surface area (Å²) >= 11 is 0. The molecule has 1 rings (SSSR count). The van der Waals surface area contributed by atoms with Crippen LogP contribution < -0.4 is 11.5 Å². The fourth-order valence-electron chi connectivity index (χ4n) is 2.30. The van der Waals surface area contributed by atoms with Gasteiger partial charge in [-0.25, -0.2) is 0 Å². The maximum absolute atomic E-state index is 6.08. The van der Waals surface area contributed by atoms with Gasteiger partial charge in [-0.1, -0.05) is 13.3 Å². The van der Waals surface area contributed by atoms with Crippen molar-refractivity contribution in [3.63, 3.8) is 0 Å². The highest BCUT2D eigenvalue weighted by atomic mass is 14.7. The van der Waals surface area contributed by atoms with Crippen molar-refractivity contribution in [2.75, 3.05) is 6.54 Å². The molecular weight excluding hydrogens is 148 g/mol. The second kappa shape index (κ2) is 4.83. The number of hydrogen-bond acceptors (Lipinski definition) is 2. The maximum atomic E-state index is 6.08. The van der Waals surface area contributed by atoms with Gasteiger partial charge in [-0.2, -0.15) is 0 Å². The van der Waals surface area contributed by atoms with Gasteiger partial charge in [0.05, 0.1) is 0 Å². The van der Waals surface area contributed by atoms with Crippen molar-refractivity contribution in [2.24, 2.45) is 23.3 Å². The van der Waals surface area contributed by atoms with E-state index in [1.165, 1.54) is 25.7 Å². The van der Waals surface area contributed by atoms with Crippen LogP contribution in [-0.2, 0) is 0 Å². The molecule has 1 aliphatic rings. The molecule has 0 aromatic carbocycles. The molecule has 0 radical (unpaired) electrons. The summed E-state index contributed by atoms with van der Waals surface area (Å²) < 4.78 is 0. The normalized spacial score (nSPS) is 36.8. The summed E-state index contributed by atoms with van der Waals surface area (Å²) in [5.74, 6) is 1.48. The van der Waals surface area contributed by atoms with E-state index in [1.807, 2.05) is 0 Å². The number of rotatable bonds is 3. The van der Waals surface area contributed by atoms with Crippen LogP contribution in [-0.4, -0.2) is 12.6 Å². The predicted molar refractivity (Wildman–Crippen MR) is 52.8 cm³/mol. The summed E-state index contributed by atoms with van der Waals surface area (Å²) in [4.78, 5) is 0. The van der Waals surface area contributed by atoms with Gasteiger partial charge in [0.1, 0.15) is 0 Å². The minimum absolute atomic E-state index is 0.423. The number of nitrogens with two attached hydrogens (primary N) is 2. The molecule has 0 aromatic rings. The fraction of sp³-hybridized carbons (Fsp3) is 1.00. The minimum Gasteiger partial charge on any atom is -0.330 e. The average molecular weight is 170 g/mol. The van der Waals surface area contributed by atoms with E-state index in [0.29, 0.717) is 12.0 Å². The van der Waals surface area contributed by atoms with Gasteiger partial charge in [-0.15, -0.1) is 0 Å². The molecule has 0 aliphatic heterocycles. The molecule has 1 aliphatic carbocycles. The third kappa shape index (κ3) is 2.46. The SMILES string of the molecule is CCCC1CCC(CN)CC1N. The van der Waals surface area contributed by atoms with Crippen LogP contribution in [0.25, 0.3) is 0 Å². The van der Waals surface area contributed by atoms with Crippen molar-refractivity contribution < 1.29 is 0 Å². The van der Waals surface area contributed by atoms with Gasteiger partial charge in [0.25, 0.3) is 0 Å². The molecule has 3 atom stereocenters. The minimum atomic E-state index is 0.423. The van der Waals surface area contributed by atoms with Crippen LogP contribution in [0.4, 0.5) is 0 Å². The van der Waals surface area contributed by atoms with Crippen LogP contribution in [0.1, 0.15) is 39.0 Å². The first-order valence-corrected chi connectivity index (χ1v) is 5.23. The van der Waals surface area contributed by atoms with Crippen LogP contribution in [0.3, 0.4) is 0 Å². The molecular formula is C10H22N2. The lowest BCUT2D eigenvalue weighted by Gasteiger charge is -2.33. The topological polar surface area (TPSA) is 52.0 Å². The van der Waals surface area contributed by atoms with E-state index in [2.05, 4.69) is 6.92 Å². The second-order valence-electron chi connectivity index (χ2n) is 4.13. The summed E-state index contributed by atoms with van der Waals surface area (Å²) in [5, 5.41) is 0. The van der Waals surface area contributed by atoms with Crippen LogP contribution in [0, 0.1) is 11.8 Å². The van der Waals surface area contributed by atoms with E-state index in [0.717, 1.165) is 18.9 Å². The fourth-order valence-corrected chi connectivity index (χ4v) is 2.30. The van der Waals surface area contributed by atoms with Crippen LogP contribution >= 0.6 is 0 Å². The largest absolute Gasteiger partial charge is 0.330 e. The highest BCUT2D eigenvalue weighted by molar-refractivity contribution is 4.82. The summed E-state index contributed by atoms with van der Waals surface area (Å²) in [7, 11) is 0. The molecule has 0 aromatic heterocycles. The van der Waals surface area contributed by atoms with Crippen molar-refractivity contribution in [3.8, 4) is 0 Å².